The van der Waals surface area contributed by atoms with E-state index in [1.54, 1.807) is 6.20 Å². The smallest absolute Gasteiger partial charge is 0.244 e. The summed E-state index contributed by atoms with van der Waals surface area (Å²) in [6.07, 6.45) is 3.61. The van der Waals surface area contributed by atoms with Crippen molar-refractivity contribution in [1.82, 2.24) is 15.2 Å². The first-order valence-corrected chi connectivity index (χ1v) is 8.59. The van der Waals surface area contributed by atoms with Crippen molar-refractivity contribution in [2.75, 3.05) is 17.2 Å². The summed E-state index contributed by atoms with van der Waals surface area (Å²) >= 11 is 6.05. The maximum Gasteiger partial charge on any atom is 0.244 e. The van der Waals surface area contributed by atoms with Gasteiger partial charge in [-0.2, -0.15) is 10.1 Å². The molecule has 0 bridgehead atoms. The van der Waals surface area contributed by atoms with Crippen molar-refractivity contribution in [1.29, 1.82) is 0 Å². The van der Waals surface area contributed by atoms with E-state index in [0.717, 1.165) is 30.6 Å². The van der Waals surface area contributed by atoms with E-state index in [1.165, 1.54) is 5.56 Å². The van der Waals surface area contributed by atoms with Crippen LogP contribution in [-0.2, 0) is 6.42 Å². The molecular weight excluding hydrogens is 334 g/mol. The molecule has 3 rings (SSSR count). The van der Waals surface area contributed by atoms with Gasteiger partial charge in [0.2, 0.25) is 5.95 Å². The Morgan fingerprint density at radius 2 is 1.92 bits per heavy atom. The van der Waals surface area contributed by atoms with Gasteiger partial charge in [0, 0.05) is 17.3 Å². The topological polar surface area (TPSA) is 62.7 Å². The molecule has 0 aliphatic rings. The maximum absolute atomic E-state index is 6.05. The Balaban J connectivity index is 1.55. The number of hydrogen-bond acceptors (Lipinski definition) is 5. The van der Waals surface area contributed by atoms with E-state index >= 15 is 0 Å². The largest absolute Gasteiger partial charge is 0.353 e. The van der Waals surface area contributed by atoms with Crippen LogP contribution in [0.3, 0.4) is 0 Å². The van der Waals surface area contributed by atoms with Crippen LogP contribution in [0.25, 0.3) is 0 Å². The van der Waals surface area contributed by atoms with Gasteiger partial charge in [0.15, 0.2) is 5.82 Å². The van der Waals surface area contributed by atoms with Gasteiger partial charge in [0.05, 0.1) is 6.20 Å². The molecule has 0 aliphatic heterocycles. The van der Waals surface area contributed by atoms with Crippen LogP contribution in [0.2, 0.25) is 5.02 Å². The lowest BCUT2D eigenvalue weighted by atomic mass is 10.1. The van der Waals surface area contributed by atoms with Crippen molar-refractivity contribution in [3.63, 3.8) is 0 Å². The summed E-state index contributed by atoms with van der Waals surface area (Å²) in [6, 6.07) is 16.1. The molecule has 1 aromatic heterocycles. The molecule has 1 heterocycles. The quantitative estimate of drug-likeness (QED) is 0.607. The lowest BCUT2D eigenvalue weighted by Gasteiger charge is -2.10. The van der Waals surface area contributed by atoms with Gasteiger partial charge in [-0.05, 0) is 43.0 Å². The van der Waals surface area contributed by atoms with Crippen LogP contribution < -0.4 is 10.6 Å². The van der Waals surface area contributed by atoms with Crippen LogP contribution in [0.5, 0.6) is 0 Å². The van der Waals surface area contributed by atoms with Crippen molar-refractivity contribution in [2.45, 2.75) is 19.8 Å². The molecule has 0 spiro atoms. The van der Waals surface area contributed by atoms with Gasteiger partial charge < -0.3 is 10.6 Å². The first kappa shape index (κ1) is 17.2. The third-order valence-corrected chi connectivity index (χ3v) is 4.02. The monoisotopic (exact) mass is 353 g/mol. The zero-order chi connectivity index (χ0) is 17.5. The van der Waals surface area contributed by atoms with Crippen LogP contribution in [0.1, 0.15) is 17.5 Å². The van der Waals surface area contributed by atoms with E-state index in [9.17, 15) is 0 Å². The number of aromatic nitrogens is 3. The van der Waals surface area contributed by atoms with Gasteiger partial charge in [-0.3, -0.25) is 0 Å². The molecule has 0 saturated carbocycles. The Labute approximate surface area is 152 Å². The van der Waals surface area contributed by atoms with Gasteiger partial charge in [0.1, 0.15) is 0 Å². The number of halogens is 1. The third-order valence-electron chi connectivity index (χ3n) is 3.79. The average molecular weight is 354 g/mol. The number of aryl methyl sites for hydroxylation is 2. The normalized spacial score (nSPS) is 10.5. The van der Waals surface area contributed by atoms with Gasteiger partial charge in [-0.15, -0.1) is 5.10 Å². The second-order valence-electron chi connectivity index (χ2n) is 5.77. The Hall–Kier alpha value is -2.66. The molecule has 128 valence electrons. The highest BCUT2D eigenvalue weighted by atomic mass is 35.5. The fourth-order valence-electron chi connectivity index (χ4n) is 2.44. The summed E-state index contributed by atoms with van der Waals surface area (Å²) in [5.41, 5.74) is 3.32. The van der Waals surface area contributed by atoms with Crippen LogP contribution in [-0.4, -0.2) is 21.7 Å². The highest BCUT2D eigenvalue weighted by molar-refractivity contribution is 6.30. The molecule has 0 radical (unpaired) electrons. The summed E-state index contributed by atoms with van der Waals surface area (Å²) in [6.45, 7) is 2.80. The first-order chi connectivity index (χ1) is 12.2. The number of hydrogen-bond donors (Lipinski definition) is 2. The fraction of sp³-hybridized carbons (Fsp3) is 0.211. The van der Waals surface area contributed by atoms with Crippen LogP contribution in [0.4, 0.5) is 17.5 Å². The number of rotatable bonds is 7. The SMILES string of the molecule is Cc1ccc(Cl)cc1Nc1cnnc(NCCCc2ccccc2)n1. The second kappa shape index (κ2) is 8.44. The second-order valence-corrected chi connectivity index (χ2v) is 6.20. The maximum atomic E-state index is 6.05. The van der Waals surface area contributed by atoms with Crippen molar-refractivity contribution < 1.29 is 0 Å². The zero-order valence-corrected chi connectivity index (χ0v) is 14.8. The van der Waals surface area contributed by atoms with E-state index in [0.29, 0.717) is 16.8 Å². The van der Waals surface area contributed by atoms with E-state index in [-0.39, 0.29) is 0 Å². The molecule has 0 atom stereocenters. The molecule has 0 saturated heterocycles. The summed E-state index contributed by atoms with van der Waals surface area (Å²) in [7, 11) is 0. The molecule has 2 aromatic carbocycles. The fourth-order valence-corrected chi connectivity index (χ4v) is 2.62. The molecule has 5 nitrogen and oxygen atoms in total. The summed E-state index contributed by atoms with van der Waals surface area (Å²) < 4.78 is 0. The van der Waals surface area contributed by atoms with Crippen LogP contribution in [0, 0.1) is 6.92 Å². The number of anilines is 3. The zero-order valence-electron chi connectivity index (χ0n) is 14.0. The lowest BCUT2D eigenvalue weighted by molar-refractivity contribution is 0.843. The van der Waals surface area contributed by atoms with Crippen molar-refractivity contribution in [2.24, 2.45) is 0 Å². The van der Waals surface area contributed by atoms with E-state index in [1.807, 2.05) is 31.2 Å². The predicted molar refractivity (Wildman–Crippen MR) is 103 cm³/mol. The molecule has 0 aliphatic carbocycles. The Morgan fingerprint density at radius 1 is 1.08 bits per heavy atom. The third kappa shape index (κ3) is 5.16. The molecule has 25 heavy (non-hydrogen) atoms. The molecule has 6 heteroatoms. The average Bonchev–Trinajstić information content (AvgIpc) is 2.63. The van der Waals surface area contributed by atoms with Crippen molar-refractivity contribution in [3.05, 3.63) is 70.9 Å². The van der Waals surface area contributed by atoms with Crippen molar-refractivity contribution in [3.8, 4) is 0 Å². The number of nitrogens with one attached hydrogen (secondary N) is 2. The predicted octanol–water partition coefficient (Wildman–Crippen LogP) is 4.62. The number of nitrogens with zero attached hydrogens (tertiary/aromatic N) is 3. The van der Waals surface area contributed by atoms with Gasteiger partial charge in [-0.25, -0.2) is 0 Å². The minimum atomic E-state index is 0.512. The molecule has 0 amide bonds. The lowest BCUT2D eigenvalue weighted by Crippen LogP contribution is -2.08. The first-order valence-electron chi connectivity index (χ1n) is 8.21. The minimum absolute atomic E-state index is 0.512. The minimum Gasteiger partial charge on any atom is -0.353 e. The summed E-state index contributed by atoms with van der Waals surface area (Å²) in [5, 5.41) is 15.1. The van der Waals surface area contributed by atoms with Crippen LogP contribution in [0.15, 0.2) is 54.7 Å². The number of benzene rings is 2. The molecule has 0 fully saturated rings. The van der Waals surface area contributed by atoms with Gasteiger partial charge >= 0.3 is 0 Å². The Bertz CT molecular complexity index is 823. The summed E-state index contributed by atoms with van der Waals surface area (Å²) in [4.78, 5) is 4.44. The highest BCUT2D eigenvalue weighted by Crippen LogP contribution is 2.23. The molecular formula is C19H20ClN5. The summed E-state index contributed by atoms with van der Waals surface area (Å²) in [5.74, 6) is 1.14. The Morgan fingerprint density at radius 3 is 2.76 bits per heavy atom. The van der Waals surface area contributed by atoms with Crippen molar-refractivity contribution >= 4 is 29.1 Å². The standard InChI is InChI=1S/C19H20ClN5/c1-14-9-10-16(20)12-17(14)23-18-13-22-25-19(24-18)21-11-5-8-15-6-3-2-4-7-15/h2-4,6-7,9-10,12-13H,5,8,11H2,1H3,(H2,21,23,24,25). The molecule has 0 unspecified atom stereocenters. The van der Waals surface area contributed by atoms with Gasteiger partial charge in [0.25, 0.3) is 0 Å². The Kier molecular flexibility index (Phi) is 5.80. The molecule has 3 aromatic rings. The van der Waals surface area contributed by atoms with Gasteiger partial charge in [-0.1, -0.05) is 48.0 Å². The van der Waals surface area contributed by atoms with E-state index in [2.05, 4.69) is 50.1 Å². The van der Waals surface area contributed by atoms with E-state index in [4.69, 9.17) is 11.6 Å². The van der Waals surface area contributed by atoms with E-state index < -0.39 is 0 Å². The van der Waals surface area contributed by atoms with Crippen LogP contribution >= 0.6 is 11.6 Å². The highest BCUT2D eigenvalue weighted by Gasteiger charge is 2.04. The molecule has 2 N–H and O–H groups in total.